The standard InChI is InChI=1S/C14H22N2O3/c1-3-7-11(17)10-12-15-13(16-19-12)14(18-2)8-5-4-6-9-14/h3-10H2,1-2H3. The van der Waals surface area contributed by atoms with Gasteiger partial charge in [-0.1, -0.05) is 31.3 Å². The van der Waals surface area contributed by atoms with Gasteiger partial charge in [-0.05, 0) is 19.3 Å². The van der Waals surface area contributed by atoms with Crippen LogP contribution in [0.5, 0.6) is 0 Å². The molecule has 1 heterocycles. The van der Waals surface area contributed by atoms with Crippen molar-refractivity contribution in [3.8, 4) is 0 Å². The Balaban J connectivity index is 2.08. The number of rotatable bonds is 6. The Morgan fingerprint density at radius 3 is 2.74 bits per heavy atom. The summed E-state index contributed by atoms with van der Waals surface area (Å²) in [5, 5.41) is 4.03. The average molecular weight is 266 g/mol. The van der Waals surface area contributed by atoms with Crippen molar-refractivity contribution in [3.63, 3.8) is 0 Å². The molecule has 1 aliphatic rings. The van der Waals surface area contributed by atoms with Crippen LogP contribution in [0, 0.1) is 0 Å². The molecule has 0 amide bonds. The monoisotopic (exact) mass is 266 g/mol. The van der Waals surface area contributed by atoms with Crippen LogP contribution in [0.1, 0.15) is 63.6 Å². The molecule has 1 fully saturated rings. The molecule has 0 aliphatic heterocycles. The lowest BCUT2D eigenvalue weighted by Gasteiger charge is -2.32. The highest BCUT2D eigenvalue weighted by atomic mass is 16.5. The molecular formula is C14H22N2O3. The number of hydrogen-bond donors (Lipinski definition) is 0. The quantitative estimate of drug-likeness (QED) is 0.792. The molecule has 0 radical (unpaired) electrons. The molecule has 1 aromatic rings. The molecule has 0 aromatic carbocycles. The third-order valence-electron chi connectivity index (χ3n) is 3.80. The van der Waals surface area contributed by atoms with Crippen molar-refractivity contribution >= 4 is 5.78 Å². The Kier molecular flexibility index (Phi) is 4.69. The minimum Gasteiger partial charge on any atom is -0.370 e. The number of hydrogen-bond acceptors (Lipinski definition) is 5. The van der Waals surface area contributed by atoms with Crippen molar-refractivity contribution in [1.82, 2.24) is 10.1 Å². The van der Waals surface area contributed by atoms with Crippen molar-refractivity contribution < 1.29 is 14.1 Å². The van der Waals surface area contributed by atoms with E-state index in [-0.39, 0.29) is 12.2 Å². The van der Waals surface area contributed by atoms with Crippen LogP contribution in [0.4, 0.5) is 0 Å². The van der Waals surface area contributed by atoms with Crippen LogP contribution in [-0.2, 0) is 21.6 Å². The van der Waals surface area contributed by atoms with Crippen molar-refractivity contribution in [3.05, 3.63) is 11.7 Å². The van der Waals surface area contributed by atoms with Crippen molar-refractivity contribution in [2.24, 2.45) is 0 Å². The Labute approximate surface area is 113 Å². The van der Waals surface area contributed by atoms with Gasteiger partial charge < -0.3 is 9.26 Å². The smallest absolute Gasteiger partial charge is 0.234 e. The van der Waals surface area contributed by atoms with Crippen LogP contribution < -0.4 is 0 Å². The highest BCUT2D eigenvalue weighted by Crippen LogP contribution is 2.38. The van der Waals surface area contributed by atoms with Gasteiger partial charge in [-0.25, -0.2) is 0 Å². The number of methoxy groups -OCH3 is 1. The van der Waals surface area contributed by atoms with Crippen molar-refractivity contribution in [2.75, 3.05) is 7.11 Å². The van der Waals surface area contributed by atoms with E-state index in [0.717, 1.165) is 32.1 Å². The van der Waals surface area contributed by atoms with Crippen LogP contribution in [0.15, 0.2) is 4.52 Å². The Morgan fingerprint density at radius 1 is 1.37 bits per heavy atom. The second-order valence-electron chi connectivity index (χ2n) is 5.24. The minimum absolute atomic E-state index is 0.146. The molecule has 0 N–H and O–H groups in total. The Bertz CT molecular complexity index is 422. The lowest BCUT2D eigenvalue weighted by atomic mass is 9.84. The number of ether oxygens (including phenoxy) is 1. The summed E-state index contributed by atoms with van der Waals surface area (Å²) in [6.45, 7) is 1.99. The SMILES string of the molecule is CCCC(=O)Cc1nc(C2(OC)CCCCC2)no1. The fourth-order valence-corrected chi connectivity index (χ4v) is 2.69. The zero-order valence-electron chi connectivity index (χ0n) is 11.8. The van der Waals surface area contributed by atoms with Gasteiger partial charge in [0.1, 0.15) is 11.4 Å². The Morgan fingerprint density at radius 2 is 2.11 bits per heavy atom. The molecule has 5 heteroatoms. The van der Waals surface area contributed by atoms with Crippen LogP contribution in [0.25, 0.3) is 0 Å². The second kappa shape index (κ2) is 6.28. The van der Waals surface area contributed by atoms with E-state index in [0.29, 0.717) is 18.1 Å². The van der Waals surface area contributed by atoms with Gasteiger partial charge in [0.2, 0.25) is 11.7 Å². The summed E-state index contributed by atoms with van der Waals surface area (Å²) in [4.78, 5) is 16.0. The first-order valence-electron chi connectivity index (χ1n) is 7.10. The summed E-state index contributed by atoms with van der Waals surface area (Å²) < 4.78 is 10.9. The van der Waals surface area contributed by atoms with Crippen LogP contribution >= 0.6 is 0 Å². The number of Topliss-reactive ketones (excluding diaryl/α,β-unsaturated/α-hetero) is 1. The van der Waals surface area contributed by atoms with E-state index in [1.807, 2.05) is 6.92 Å². The van der Waals surface area contributed by atoms with Gasteiger partial charge >= 0.3 is 0 Å². The number of carbonyl (C=O) groups excluding carboxylic acids is 1. The molecule has 1 aromatic heterocycles. The minimum atomic E-state index is -0.409. The predicted octanol–water partition coefficient (Wildman–Crippen LogP) is 2.79. The van der Waals surface area contributed by atoms with E-state index >= 15 is 0 Å². The fourth-order valence-electron chi connectivity index (χ4n) is 2.69. The molecule has 1 saturated carbocycles. The molecule has 106 valence electrons. The maximum absolute atomic E-state index is 11.6. The van der Waals surface area contributed by atoms with E-state index in [1.54, 1.807) is 7.11 Å². The zero-order chi connectivity index (χ0) is 13.7. The lowest BCUT2D eigenvalue weighted by Crippen LogP contribution is -2.32. The summed E-state index contributed by atoms with van der Waals surface area (Å²) >= 11 is 0. The molecule has 19 heavy (non-hydrogen) atoms. The summed E-state index contributed by atoms with van der Waals surface area (Å²) in [6, 6.07) is 0. The molecule has 0 spiro atoms. The molecule has 0 atom stereocenters. The van der Waals surface area contributed by atoms with E-state index < -0.39 is 5.60 Å². The highest BCUT2D eigenvalue weighted by Gasteiger charge is 2.38. The van der Waals surface area contributed by atoms with Crippen LogP contribution in [-0.4, -0.2) is 23.0 Å². The average Bonchev–Trinajstić information content (AvgIpc) is 2.89. The van der Waals surface area contributed by atoms with Gasteiger partial charge in [0.05, 0.1) is 6.42 Å². The molecule has 2 rings (SSSR count). The number of carbonyl (C=O) groups is 1. The fraction of sp³-hybridized carbons (Fsp3) is 0.786. The maximum Gasteiger partial charge on any atom is 0.234 e. The molecule has 0 bridgehead atoms. The largest absolute Gasteiger partial charge is 0.370 e. The zero-order valence-corrected chi connectivity index (χ0v) is 11.8. The van der Waals surface area contributed by atoms with Crippen molar-refractivity contribution in [2.45, 2.75) is 63.9 Å². The summed E-state index contributed by atoms with van der Waals surface area (Å²) in [5.74, 6) is 1.16. The Hall–Kier alpha value is -1.23. The van der Waals surface area contributed by atoms with Gasteiger partial charge in [-0.15, -0.1) is 0 Å². The maximum atomic E-state index is 11.6. The summed E-state index contributed by atoms with van der Waals surface area (Å²) in [5.41, 5.74) is -0.409. The first-order chi connectivity index (χ1) is 9.20. The third kappa shape index (κ3) is 3.21. The van der Waals surface area contributed by atoms with Gasteiger partial charge in [0.25, 0.3) is 0 Å². The molecule has 0 unspecified atom stereocenters. The molecule has 5 nitrogen and oxygen atoms in total. The normalized spacial score (nSPS) is 18.4. The lowest BCUT2D eigenvalue weighted by molar-refractivity contribution is -0.118. The van der Waals surface area contributed by atoms with E-state index in [4.69, 9.17) is 9.26 Å². The van der Waals surface area contributed by atoms with Crippen LogP contribution in [0.3, 0.4) is 0 Å². The predicted molar refractivity (Wildman–Crippen MR) is 69.7 cm³/mol. The number of ketones is 1. The van der Waals surface area contributed by atoms with E-state index in [9.17, 15) is 4.79 Å². The van der Waals surface area contributed by atoms with Gasteiger partial charge in [-0.2, -0.15) is 4.98 Å². The highest BCUT2D eigenvalue weighted by molar-refractivity contribution is 5.79. The van der Waals surface area contributed by atoms with Gasteiger partial charge in [0.15, 0.2) is 0 Å². The first-order valence-corrected chi connectivity index (χ1v) is 7.10. The summed E-state index contributed by atoms with van der Waals surface area (Å²) in [7, 11) is 1.70. The van der Waals surface area contributed by atoms with E-state index in [1.165, 1.54) is 6.42 Å². The second-order valence-corrected chi connectivity index (χ2v) is 5.24. The summed E-state index contributed by atoms with van der Waals surface area (Å²) in [6.07, 6.45) is 6.95. The third-order valence-corrected chi connectivity index (χ3v) is 3.80. The van der Waals surface area contributed by atoms with Crippen molar-refractivity contribution in [1.29, 1.82) is 0 Å². The molecule has 1 aliphatic carbocycles. The number of nitrogens with zero attached hydrogens (tertiary/aromatic N) is 2. The molecular weight excluding hydrogens is 244 g/mol. The molecule has 0 saturated heterocycles. The van der Waals surface area contributed by atoms with Gasteiger partial charge in [-0.3, -0.25) is 4.79 Å². The van der Waals surface area contributed by atoms with Crippen LogP contribution in [0.2, 0.25) is 0 Å². The van der Waals surface area contributed by atoms with Gasteiger partial charge in [0, 0.05) is 13.5 Å². The number of aromatic nitrogens is 2. The van der Waals surface area contributed by atoms with E-state index in [2.05, 4.69) is 10.1 Å². The topological polar surface area (TPSA) is 65.2 Å². The first kappa shape index (κ1) is 14.2.